The van der Waals surface area contributed by atoms with Crippen LogP contribution >= 0.6 is 23.2 Å². The third kappa shape index (κ3) is 2.90. The summed E-state index contributed by atoms with van der Waals surface area (Å²) in [5.41, 5.74) is 6.26. The number of amides is 1. The van der Waals surface area contributed by atoms with Crippen LogP contribution in [0.5, 0.6) is 0 Å². The van der Waals surface area contributed by atoms with Gasteiger partial charge < -0.3 is 11.1 Å². The number of halogens is 2. The van der Waals surface area contributed by atoms with E-state index in [2.05, 4.69) is 11.9 Å². The molecule has 1 aromatic rings. The molecule has 1 unspecified atom stereocenters. The smallest absolute Gasteiger partial charge is 0.251 e. The first-order valence-corrected chi connectivity index (χ1v) is 5.39. The summed E-state index contributed by atoms with van der Waals surface area (Å²) in [6.45, 7) is 5.38. The SMILES string of the molecule is C=CC(C)NC(=O)c1cc(N)c(Cl)c(Cl)c1. The Hall–Kier alpha value is -1.19. The average Bonchev–Trinajstić information content (AvgIpc) is 2.24. The third-order valence-corrected chi connectivity index (χ3v) is 2.85. The van der Waals surface area contributed by atoms with Crippen molar-refractivity contribution in [1.82, 2.24) is 5.32 Å². The van der Waals surface area contributed by atoms with Crippen LogP contribution in [0.15, 0.2) is 24.8 Å². The third-order valence-electron chi connectivity index (χ3n) is 2.03. The lowest BCUT2D eigenvalue weighted by Crippen LogP contribution is -2.30. The molecule has 0 radical (unpaired) electrons. The van der Waals surface area contributed by atoms with Gasteiger partial charge >= 0.3 is 0 Å². The summed E-state index contributed by atoms with van der Waals surface area (Å²) < 4.78 is 0. The fraction of sp³-hybridized carbons (Fsp3) is 0.182. The molecule has 0 aromatic heterocycles. The Morgan fingerprint density at radius 2 is 2.19 bits per heavy atom. The minimum absolute atomic E-state index is 0.122. The normalized spacial score (nSPS) is 11.9. The highest BCUT2D eigenvalue weighted by Crippen LogP contribution is 2.29. The maximum Gasteiger partial charge on any atom is 0.251 e. The maximum atomic E-state index is 11.7. The number of hydrogen-bond acceptors (Lipinski definition) is 2. The van der Waals surface area contributed by atoms with Gasteiger partial charge in [-0.2, -0.15) is 0 Å². The first kappa shape index (κ1) is 12.9. The molecule has 0 aliphatic carbocycles. The predicted molar refractivity (Wildman–Crippen MR) is 68.0 cm³/mol. The molecule has 1 atom stereocenters. The largest absolute Gasteiger partial charge is 0.397 e. The molecule has 0 fully saturated rings. The molecule has 1 rings (SSSR count). The van der Waals surface area contributed by atoms with E-state index >= 15 is 0 Å². The number of nitrogens with one attached hydrogen (secondary N) is 1. The van der Waals surface area contributed by atoms with Crippen LogP contribution in [0.25, 0.3) is 0 Å². The van der Waals surface area contributed by atoms with E-state index in [-0.39, 0.29) is 27.7 Å². The molecule has 0 saturated carbocycles. The Labute approximate surface area is 104 Å². The van der Waals surface area contributed by atoms with E-state index in [1.807, 2.05) is 6.92 Å². The topological polar surface area (TPSA) is 55.1 Å². The van der Waals surface area contributed by atoms with E-state index in [9.17, 15) is 4.79 Å². The van der Waals surface area contributed by atoms with Crippen LogP contribution in [0.4, 0.5) is 5.69 Å². The number of anilines is 1. The molecule has 3 N–H and O–H groups in total. The van der Waals surface area contributed by atoms with E-state index in [1.54, 1.807) is 6.08 Å². The van der Waals surface area contributed by atoms with Gasteiger partial charge in [-0.3, -0.25) is 4.79 Å². The van der Waals surface area contributed by atoms with Gasteiger partial charge in [0, 0.05) is 11.6 Å². The van der Waals surface area contributed by atoms with Gasteiger partial charge in [0.2, 0.25) is 0 Å². The average molecular weight is 259 g/mol. The van der Waals surface area contributed by atoms with Gasteiger partial charge in [-0.05, 0) is 19.1 Å². The molecule has 1 amide bonds. The number of carbonyl (C=O) groups excluding carboxylic acids is 1. The Morgan fingerprint density at radius 1 is 1.56 bits per heavy atom. The molecule has 0 saturated heterocycles. The lowest BCUT2D eigenvalue weighted by atomic mass is 10.1. The van der Waals surface area contributed by atoms with Gasteiger partial charge in [-0.25, -0.2) is 0 Å². The molecular weight excluding hydrogens is 247 g/mol. The summed E-state index contributed by atoms with van der Waals surface area (Å²) in [5.74, 6) is -0.266. The Kier molecular flexibility index (Phi) is 4.21. The number of rotatable bonds is 3. The highest BCUT2D eigenvalue weighted by Gasteiger charge is 2.12. The quantitative estimate of drug-likeness (QED) is 0.647. The Balaban J connectivity index is 2.97. The first-order valence-electron chi connectivity index (χ1n) is 4.63. The van der Waals surface area contributed by atoms with Crippen LogP contribution < -0.4 is 11.1 Å². The minimum atomic E-state index is -0.266. The fourth-order valence-corrected chi connectivity index (χ4v) is 1.43. The van der Waals surface area contributed by atoms with Crippen molar-refractivity contribution in [1.29, 1.82) is 0 Å². The summed E-state index contributed by atoms with van der Waals surface area (Å²) in [4.78, 5) is 11.7. The Bertz CT molecular complexity index is 409. The molecular formula is C11H12Cl2N2O. The van der Waals surface area contributed by atoms with Crippen LogP contribution in [0.1, 0.15) is 17.3 Å². The van der Waals surface area contributed by atoms with Crippen molar-refractivity contribution in [2.75, 3.05) is 5.73 Å². The van der Waals surface area contributed by atoms with Crippen molar-refractivity contribution >= 4 is 34.8 Å². The molecule has 3 nitrogen and oxygen atoms in total. The van der Waals surface area contributed by atoms with Gasteiger partial charge in [-0.1, -0.05) is 29.3 Å². The second-order valence-corrected chi connectivity index (χ2v) is 4.14. The van der Waals surface area contributed by atoms with Crippen LogP contribution in [0.3, 0.4) is 0 Å². The number of benzene rings is 1. The molecule has 0 aliphatic rings. The summed E-state index contributed by atoms with van der Waals surface area (Å²) in [6, 6.07) is 2.84. The zero-order chi connectivity index (χ0) is 12.3. The van der Waals surface area contributed by atoms with E-state index in [1.165, 1.54) is 12.1 Å². The monoisotopic (exact) mass is 258 g/mol. The number of carbonyl (C=O) groups is 1. The second kappa shape index (κ2) is 5.23. The van der Waals surface area contributed by atoms with Gasteiger partial charge in [0.1, 0.15) is 0 Å². The number of nitrogens with two attached hydrogens (primary N) is 1. The first-order chi connectivity index (χ1) is 7.45. The van der Waals surface area contributed by atoms with Crippen molar-refractivity contribution in [3.05, 3.63) is 40.4 Å². The standard InChI is InChI=1S/C11H12Cl2N2O/c1-3-6(2)15-11(16)7-4-8(12)10(13)9(14)5-7/h3-6H,1,14H2,2H3,(H,15,16). The van der Waals surface area contributed by atoms with Crippen molar-refractivity contribution in [2.45, 2.75) is 13.0 Å². The van der Waals surface area contributed by atoms with Gasteiger partial charge in [0.05, 0.1) is 15.7 Å². The zero-order valence-electron chi connectivity index (χ0n) is 8.76. The maximum absolute atomic E-state index is 11.7. The second-order valence-electron chi connectivity index (χ2n) is 3.36. The van der Waals surface area contributed by atoms with Gasteiger partial charge in [0.25, 0.3) is 5.91 Å². The van der Waals surface area contributed by atoms with Crippen molar-refractivity contribution < 1.29 is 4.79 Å². The van der Waals surface area contributed by atoms with Crippen LogP contribution in [-0.4, -0.2) is 11.9 Å². The predicted octanol–water partition coefficient (Wildman–Crippen LogP) is 2.88. The molecule has 1 aromatic carbocycles. The fourth-order valence-electron chi connectivity index (χ4n) is 1.09. The van der Waals surface area contributed by atoms with E-state index in [0.717, 1.165) is 0 Å². The highest BCUT2D eigenvalue weighted by molar-refractivity contribution is 6.43. The van der Waals surface area contributed by atoms with Crippen LogP contribution in [0, 0.1) is 0 Å². The lowest BCUT2D eigenvalue weighted by molar-refractivity contribution is 0.0947. The molecule has 5 heteroatoms. The van der Waals surface area contributed by atoms with Crippen molar-refractivity contribution in [3.63, 3.8) is 0 Å². The molecule has 16 heavy (non-hydrogen) atoms. The number of nitrogen functional groups attached to an aromatic ring is 1. The van der Waals surface area contributed by atoms with Crippen LogP contribution in [-0.2, 0) is 0 Å². The molecule has 86 valence electrons. The zero-order valence-corrected chi connectivity index (χ0v) is 10.3. The van der Waals surface area contributed by atoms with Crippen molar-refractivity contribution in [3.8, 4) is 0 Å². The summed E-state index contributed by atoms with van der Waals surface area (Å²) in [5, 5.41) is 3.23. The Morgan fingerprint density at radius 3 is 2.69 bits per heavy atom. The van der Waals surface area contributed by atoms with Crippen LogP contribution in [0.2, 0.25) is 10.0 Å². The summed E-state index contributed by atoms with van der Waals surface area (Å²) in [7, 11) is 0. The molecule has 0 bridgehead atoms. The molecule has 0 spiro atoms. The van der Waals surface area contributed by atoms with Gasteiger partial charge in [0.15, 0.2) is 0 Å². The number of hydrogen-bond donors (Lipinski definition) is 2. The van der Waals surface area contributed by atoms with Gasteiger partial charge in [-0.15, -0.1) is 6.58 Å². The minimum Gasteiger partial charge on any atom is -0.397 e. The lowest BCUT2D eigenvalue weighted by Gasteiger charge is -2.10. The van der Waals surface area contributed by atoms with E-state index < -0.39 is 0 Å². The summed E-state index contributed by atoms with van der Waals surface area (Å²) >= 11 is 11.6. The highest BCUT2D eigenvalue weighted by atomic mass is 35.5. The summed E-state index contributed by atoms with van der Waals surface area (Å²) in [6.07, 6.45) is 1.62. The van der Waals surface area contributed by atoms with E-state index in [0.29, 0.717) is 5.56 Å². The van der Waals surface area contributed by atoms with Crippen molar-refractivity contribution in [2.24, 2.45) is 0 Å². The molecule has 0 heterocycles. The van der Waals surface area contributed by atoms with E-state index in [4.69, 9.17) is 28.9 Å². The molecule has 0 aliphatic heterocycles.